The molecule has 0 saturated heterocycles. The Kier molecular flexibility index (Phi) is 5.48. The van der Waals surface area contributed by atoms with Crippen LogP contribution in [-0.2, 0) is 10.0 Å². The summed E-state index contributed by atoms with van der Waals surface area (Å²) in [5.74, 6) is 2.39. The van der Waals surface area contributed by atoms with Gasteiger partial charge in [-0.3, -0.25) is 0 Å². The lowest BCUT2D eigenvalue weighted by Gasteiger charge is -2.07. The lowest BCUT2D eigenvalue weighted by atomic mass is 10.2. The molecule has 1 aliphatic heterocycles. The van der Waals surface area contributed by atoms with E-state index in [1.165, 1.54) is 6.33 Å². The second kappa shape index (κ2) is 7.98. The quantitative estimate of drug-likeness (QED) is 0.697. The van der Waals surface area contributed by atoms with Gasteiger partial charge in [0.1, 0.15) is 6.33 Å². The van der Waals surface area contributed by atoms with Crippen LogP contribution in [0.5, 0.6) is 11.5 Å². The maximum atomic E-state index is 9.41. The van der Waals surface area contributed by atoms with Gasteiger partial charge in [0.25, 0.3) is 0 Å². The molecule has 3 aromatic rings. The van der Waals surface area contributed by atoms with Gasteiger partial charge in [0.05, 0.1) is 11.8 Å². The maximum absolute atomic E-state index is 9.41. The minimum absolute atomic E-state index is 0.215. The van der Waals surface area contributed by atoms with E-state index in [1.54, 1.807) is 0 Å². The Hall–Kier alpha value is -3.24. The minimum atomic E-state index is -3.17. The van der Waals surface area contributed by atoms with Gasteiger partial charge in [0.15, 0.2) is 17.3 Å². The van der Waals surface area contributed by atoms with E-state index in [0.29, 0.717) is 23.3 Å². The second-order valence-electron chi connectivity index (χ2n) is 5.49. The lowest BCUT2D eigenvalue weighted by Crippen LogP contribution is -2.07. The topological polar surface area (TPSA) is 129 Å². The average Bonchev–Trinajstić information content (AvgIpc) is 3.10. The summed E-state index contributed by atoms with van der Waals surface area (Å²) in [4.78, 5) is 12.8. The van der Waals surface area contributed by atoms with Crippen molar-refractivity contribution in [2.24, 2.45) is 5.14 Å². The normalized spacial score (nSPS) is 12.1. The monoisotopic (exact) mass is 387 g/mol. The molecule has 140 valence electrons. The van der Waals surface area contributed by atoms with Crippen LogP contribution in [0.1, 0.15) is 0 Å². The Bertz CT molecular complexity index is 1020. The highest BCUT2D eigenvalue weighted by atomic mass is 32.2. The van der Waals surface area contributed by atoms with Crippen molar-refractivity contribution in [3.63, 3.8) is 0 Å². The van der Waals surface area contributed by atoms with Crippen LogP contribution in [0.15, 0.2) is 54.9 Å². The molecular weight excluding hydrogens is 370 g/mol. The van der Waals surface area contributed by atoms with Gasteiger partial charge in [0, 0.05) is 5.69 Å². The molecule has 1 aromatic heterocycles. The fraction of sp³-hybridized carbons (Fsp3) is 0.118. The first-order chi connectivity index (χ1) is 12.9. The molecule has 4 rings (SSSR count). The van der Waals surface area contributed by atoms with Crippen molar-refractivity contribution < 1.29 is 17.9 Å². The van der Waals surface area contributed by atoms with Gasteiger partial charge in [-0.25, -0.2) is 23.5 Å². The zero-order valence-corrected chi connectivity index (χ0v) is 15.2. The summed E-state index contributed by atoms with van der Waals surface area (Å²) in [6.45, 7) is 0.215. The molecule has 0 fully saturated rings. The molecule has 2 heterocycles. The summed E-state index contributed by atoms with van der Waals surface area (Å²) in [6, 6.07) is 15.4. The first-order valence-electron chi connectivity index (χ1n) is 7.78. The van der Waals surface area contributed by atoms with Crippen LogP contribution in [0.25, 0.3) is 11.4 Å². The number of anilines is 2. The lowest BCUT2D eigenvalue weighted by molar-refractivity contribution is 0.174. The van der Waals surface area contributed by atoms with Crippen molar-refractivity contribution in [1.29, 1.82) is 0 Å². The summed E-state index contributed by atoms with van der Waals surface area (Å²) in [6.07, 6.45) is 2.41. The molecule has 1 aliphatic rings. The number of fused-ring (bicyclic) bond motifs is 1. The fourth-order valence-electron chi connectivity index (χ4n) is 2.24. The highest BCUT2D eigenvalue weighted by Gasteiger charge is 2.20. The largest absolute Gasteiger partial charge is 0.454 e. The molecule has 0 spiro atoms. The summed E-state index contributed by atoms with van der Waals surface area (Å²) in [5, 5.41) is 7.47. The summed E-state index contributed by atoms with van der Waals surface area (Å²) < 4.78 is 29.7. The Balaban J connectivity index is 0.000000376. The third-order valence-electron chi connectivity index (χ3n) is 3.24. The van der Waals surface area contributed by atoms with Gasteiger partial charge in [-0.2, -0.15) is 4.98 Å². The molecule has 0 radical (unpaired) electrons. The third-order valence-corrected chi connectivity index (χ3v) is 3.24. The number of sulfonamides is 1. The van der Waals surface area contributed by atoms with Gasteiger partial charge >= 0.3 is 0 Å². The number of nitrogens with zero attached hydrogens (tertiary/aromatic N) is 3. The van der Waals surface area contributed by atoms with E-state index in [9.17, 15) is 8.42 Å². The van der Waals surface area contributed by atoms with Crippen LogP contribution in [0.2, 0.25) is 0 Å². The molecule has 0 atom stereocenters. The first kappa shape index (κ1) is 18.5. The molecule has 0 saturated carbocycles. The van der Waals surface area contributed by atoms with Gasteiger partial charge in [-0.05, 0) is 24.3 Å². The molecule has 0 bridgehead atoms. The molecule has 27 heavy (non-hydrogen) atoms. The van der Waals surface area contributed by atoms with E-state index in [2.05, 4.69) is 25.4 Å². The van der Waals surface area contributed by atoms with E-state index in [-0.39, 0.29) is 6.79 Å². The molecular formula is C17H17N5O4S. The van der Waals surface area contributed by atoms with Crippen molar-refractivity contribution in [2.75, 3.05) is 18.4 Å². The van der Waals surface area contributed by atoms with Crippen molar-refractivity contribution in [2.45, 2.75) is 0 Å². The fourth-order valence-corrected chi connectivity index (χ4v) is 2.24. The molecule has 0 amide bonds. The van der Waals surface area contributed by atoms with Gasteiger partial charge < -0.3 is 14.8 Å². The van der Waals surface area contributed by atoms with Crippen molar-refractivity contribution in [3.8, 4) is 22.9 Å². The number of nitrogens with one attached hydrogen (secondary N) is 1. The Labute approximate surface area is 156 Å². The highest BCUT2D eigenvalue weighted by Crippen LogP contribution is 2.39. The second-order valence-corrected chi connectivity index (χ2v) is 7.15. The van der Waals surface area contributed by atoms with Crippen LogP contribution in [-0.4, -0.2) is 36.4 Å². The number of aromatic nitrogens is 3. The summed E-state index contributed by atoms with van der Waals surface area (Å²) in [5.41, 5.74) is 1.70. The van der Waals surface area contributed by atoms with Crippen LogP contribution < -0.4 is 19.9 Å². The Morgan fingerprint density at radius 3 is 2.52 bits per heavy atom. The zero-order valence-electron chi connectivity index (χ0n) is 14.4. The number of nitrogens with two attached hydrogens (primary N) is 1. The smallest absolute Gasteiger partial charge is 0.231 e. The predicted molar refractivity (Wildman–Crippen MR) is 100 cm³/mol. The molecule has 0 unspecified atom stereocenters. The molecule has 3 N–H and O–H groups in total. The highest BCUT2D eigenvalue weighted by molar-refractivity contribution is 7.88. The van der Waals surface area contributed by atoms with E-state index in [4.69, 9.17) is 9.47 Å². The van der Waals surface area contributed by atoms with Gasteiger partial charge in [-0.15, -0.1) is 0 Å². The number of hydrogen-bond donors (Lipinski definition) is 2. The SMILES string of the molecule is CS(N)(=O)=O.c1ccc(Nc2ncnc(-c3cccc4c3OCO4)n2)cc1. The van der Waals surface area contributed by atoms with Crippen LogP contribution >= 0.6 is 0 Å². The van der Waals surface area contributed by atoms with Crippen LogP contribution in [0.4, 0.5) is 11.6 Å². The number of hydrogen-bond acceptors (Lipinski definition) is 8. The summed E-state index contributed by atoms with van der Waals surface area (Å²) in [7, 11) is -3.17. The number of benzene rings is 2. The van der Waals surface area contributed by atoms with Gasteiger partial charge in [-0.1, -0.05) is 24.3 Å². The maximum Gasteiger partial charge on any atom is 0.231 e. The van der Waals surface area contributed by atoms with Gasteiger partial charge in [0.2, 0.25) is 22.8 Å². The molecule has 2 aromatic carbocycles. The van der Waals surface area contributed by atoms with Crippen molar-refractivity contribution in [1.82, 2.24) is 15.0 Å². The first-order valence-corrected chi connectivity index (χ1v) is 9.73. The standard InChI is InChI=1S/C16H12N4O2.CH5NO2S/c1-2-5-11(6-3-1)19-16-18-9-17-15(20-16)12-7-4-8-13-14(12)22-10-21-13;1-5(2,3)4/h1-9H,10H2,(H,17,18,19,20);1H3,(H2,2,3,4). The number of para-hydroxylation sites is 2. The molecule has 10 heteroatoms. The number of ether oxygens (including phenoxy) is 2. The molecule has 9 nitrogen and oxygen atoms in total. The number of primary sulfonamides is 1. The zero-order chi connectivity index (χ0) is 19.3. The van der Waals surface area contributed by atoms with Crippen LogP contribution in [0, 0.1) is 0 Å². The molecule has 0 aliphatic carbocycles. The van der Waals surface area contributed by atoms with Crippen LogP contribution in [0.3, 0.4) is 0 Å². The minimum Gasteiger partial charge on any atom is -0.454 e. The van der Waals surface area contributed by atoms with E-state index in [0.717, 1.165) is 17.5 Å². The number of rotatable bonds is 3. The average molecular weight is 387 g/mol. The van der Waals surface area contributed by atoms with E-state index in [1.807, 2.05) is 48.5 Å². The van der Waals surface area contributed by atoms with E-state index >= 15 is 0 Å². The Morgan fingerprint density at radius 1 is 1.04 bits per heavy atom. The summed E-state index contributed by atoms with van der Waals surface area (Å²) >= 11 is 0. The Morgan fingerprint density at radius 2 is 1.78 bits per heavy atom. The van der Waals surface area contributed by atoms with Crippen molar-refractivity contribution in [3.05, 3.63) is 54.9 Å². The predicted octanol–water partition coefficient (Wildman–Crippen LogP) is 1.92. The van der Waals surface area contributed by atoms with Crippen molar-refractivity contribution >= 4 is 21.7 Å². The third kappa shape index (κ3) is 5.36. The van der Waals surface area contributed by atoms with E-state index < -0.39 is 10.0 Å².